The van der Waals surface area contributed by atoms with Gasteiger partial charge >= 0.3 is 5.97 Å². The van der Waals surface area contributed by atoms with Crippen LogP contribution in [0, 0.1) is 0 Å². The third-order valence-corrected chi connectivity index (χ3v) is 5.22. The highest BCUT2D eigenvalue weighted by Gasteiger charge is 2.25. The highest BCUT2D eigenvalue weighted by Crippen LogP contribution is 2.23. The summed E-state index contributed by atoms with van der Waals surface area (Å²) in [6, 6.07) is 3.68. The molecule has 0 spiro atoms. The second-order valence-corrected chi connectivity index (χ2v) is 7.40. The Kier molecular flexibility index (Phi) is 5.48. The van der Waals surface area contributed by atoms with E-state index in [1.807, 2.05) is 0 Å². The lowest BCUT2D eigenvalue weighted by molar-refractivity contribution is -0.128. The van der Waals surface area contributed by atoms with Crippen LogP contribution in [0.1, 0.15) is 10.4 Å². The summed E-state index contributed by atoms with van der Waals surface area (Å²) < 4.78 is 25.8. The van der Waals surface area contributed by atoms with E-state index in [1.165, 1.54) is 38.2 Å². The summed E-state index contributed by atoms with van der Waals surface area (Å²) >= 11 is 3.04. The molecular formula is C12H15BrN2O5S. The number of hydrogen-bond donors (Lipinski definition) is 1. The van der Waals surface area contributed by atoms with Crippen molar-refractivity contribution in [2.45, 2.75) is 4.90 Å². The van der Waals surface area contributed by atoms with Crippen LogP contribution in [0.4, 0.5) is 0 Å². The Morgan fingerprint density at radius 1 is 1.24 bits per heavy atom. The molecule has 0 unspecified atom stereocenters. The van der Waals surface area contributed by atoms with E-state index in [4.69, 9.17) is 5.11 Å². The zero-order valence-electron chi connectivity index (χ0n) is 11.7. The Balaban J connectivity index is 3.16. The molecule has 1 aromatic rings. The molecule has 116 valence electrons. The second-order valence-electron chi connectivity index (χ2n) is 4.50. The van der Waals surface area contributed by atoms with Gasteiger partial charge in [0.1, 0.15) is 0 Å². The number of likely N-dealkylation sites (N-methyl/N-ethyl adjacent to an activating group) is 2. The number of sulfonamides is 1. The molecule has 0 bridgehead atoms. The first-order chi connectivity index (χ1) is 9.57. The van der Waals surface area contributed by atoms with Crippen molar-refractivity contribution < 1.29 is 23.1 Å². The minimum atomic E-state index is -3.94. The first-order valence-corrected chi connectivity index (χ1v) is 8.00. The smallest absolute Gasteiger partial charge is 0.336 e. The van der Waals surface area contributed by atoms with Gasteiger partial charge < -0.3 is 10.0 Å². The van der Waals surface area contributed by atoms with Crippen molar-refractivity contribution in [1.82, 2.24) is 9.21 Å². The molecule has 0 fully saturated rings. The average molecular weight is 379 g/mol. The van der Waals surface area contributed by atoms with Gasteiger partial charge in [-0.05, 0) is 34.1 Å². The van der Waals surface area contributed by atoms with E-state index < -0.39 is 16.0 Å². The average Bonchev–Trinajstić information content (AvgIpc) is 2.38. The minimum absolute atomic E-state index is 0.164. The molecule has 1 aromatic carbocycles. The van der Waals surface area contributed by atoms with E-state index in [9.17, 15) is 18.0 Å². The predicted molar refractivity (Wildman–Crippen MR) is 79.6 cm³/mol. The highest BCUT2D eigenvalue weighted by atomic mass is 79.9. The van der Waals surface area contributed by atoms with Gasteiger partial charge in [0.25, 0.3) is 0 Å². The van der Waals surface area contributed by atoms with Crippen molar-refractivity contribution in [3.05, 3.63) is 28.2 Å². The number of carbonyl (C=O) groups is 2. The number of carbonyl (C=O) groups excluding carboxylic acids is 1. The van der Waals surface area contributed by atoms with Gasteiger partial charge in [-0.25, -0.2) is 13.2 Å². The third kappa shape index (κ3) is 4.02. The van der Waals surface area contributed by atoms with Crippen molar-refractivity contribution in [2.24, 2.45) is 0 Å². The molecule has 1 rings (SSSR count). The summed E-state index contributed by atoms with van der Waals surface area (Å²) in [7, 11) is 0.362. The maximum Gasteiger partial charge on any atom is 0.336 e. The summed E-state index contributed by atoms with van der Waals surface area (Å²) in [4.78, 5) is 23.7. The van der Waals surface area contributed by atoms with Crippen molar-refractivity contribution in [3.8, 4) is 0 Å². The summed E-state index contributed by atoms with van der Waals surface area (Å²) in [6.45, 7) is -0.326. The van der Waals surface area contributed by atoms with Crippen LogP contribution in [-0.2, 0) is 14.8 Å². The third-order valence-electron chi connectivity index (χ3n) is 2.73. The van der Waals surface area contributed by atoms with Crippen molar-refractivity contribution in [2.75, 3.05) is 27.7 Å². The molecule has 0 heterocycles. The quantitative estimate of drug-likeness (QED) is 0.819. The maximum absolute atomic E-state index is 12.3. The molecule has 0 aliphatic rings. The second kappa shape index (κ2) is 6.54. The molecule has 0 saturated carbocycles. The van der Waals surface area contributed by atoms with Crippen LogP contribution in [-0.4, -0.2) is 62.3 Å². The van der Waals surface area contributed by atoms with E-state index in [1.54, 1.807) is 0 Å². The molecular weight excluding hydrogens is 364 g/mol. The lowest BCUT2D eigenvalue weighted by atomic mass is 10.2. The minimum Gasteiger partial charge on any atom is -0.478 e. The molecule has 1 N–H and O–H groups in total. The van der Waals surface area contributed by atoms with E-state index >= 15 is 0 Å². The fraction of sp³-hybridized carbons (Fsp3) is 0.333. The molecule has 0 radical (unpaired) electrons. The topological polar surface area (TPSA) is 95.0 Å². The SMILES string of the molecule is CN(C)C(=O)CN(C)S(=O)(=O)c1ccc(Br)c(C(=O)O)c1. The summed E-state index contributed by atoms with van der Waals surface area (Å²) in [5, 5.41) is 9.01. The van der Waals surface area contributed by atoms with Crippen LogP contribution in [0.15, 0.2) is 27.6 Å². The van der Waals surface area contributed by atoms with Gasteiger partial charge in [0.05, 0.1) is 17.0 Å². The number of hydrogen-bond acceptors (Lipinski definition) is 4. The Morgan fingerprint density at radius 3 is 2.29 bits per heavy atom. The molecule has 0 saturated heterocycles. The number of halogens is 1. The number of rotatable bonds is 5. The molecule has 9 heteroatoms. The molecule has 0 aliphatic heterocycles. The number of nitrogens with zero attached hydrogens (tertiary/aromatic N) is 2. The fourth-order valence-corrected chi connectivity index (χ4v) is 2.99. The summed E-state index contributed by atoms with van der Waals surface area (Å²) in [5.74, 6) is -1.62. The van der Waals surface area contributed by atoms with E-state index in [0.717, 1.165) is 10.4 Å². The number of aromatic carboxylic acids is 1. The first kappa shape index (κ1) is 17.6. The lowest BCUT2D eigenvalue weighted by Gasteiger charge is -2.19. The van der Waals surface area contributed by atoms with Gasteiger partial charge in [-0.15, -0.1) is 0 Å². The highest BCUT2D eigenvalue weighted by molar-refractivity contribution is 9.10. The van der Waals surface area contributed by atoms with E-state index in [0.29, 0.717) is 0 Å². The van der Waals surface area contributed by atoms with Crippen LogP contribution >= 0.6 is 15.9 Å². The monoisotopic (exact) mass is 378 g/mol. The largest absolute Gasteiger partial charge is 0.478 e. The Labute approximate surface area is 131 Å². The van der Waals surface area contributed by atoms with Crippen LogP contribution in [0.5, 0.6) is 0 Å². The Hall–Kier alpha value is -1.45. The number of carboxylic acids is 1. The predicted octanol–water partition coefficient (Wildman–Crippen LogP) is 0.856. The van der Waals surface area contributed by atoms with Crippen molar-refractivity contribution in [1.29, 1.82) is 0 Å². The van der Waals surface area contributed by atoms with Crippen molar-refractivity contribution >= 4 is 37.8 Å². The fourth-order valence-electron chi connectivity index (χ4n) is 1.43. The van der Waals surface area contributed by atoms with Crippen molar-refractivity contribution in [3.63, 3.8) is 0 Å². The molecule has 0 atom stereocenters. The summed E-state index contributed by atoms with van der Waals surface area (Å²) in [6.07, 6.45) is 0. The van der Waals surface area contributed by atoms with Crippen LogP contribution < -0.4 is 0 Å². The van der Waals surface area contributed by atoms with Gasteiger partial charge in [-0.2, -0.15) is 4.31 Å². The Bertz CT molecular complexity index is 672. The van der Waals surface area contributed by atoms with Gasteiger partial charge in [0.2, 0.25) is 15.9 Å². The van der Waals surface area contributed by atoms with Gasteiger partial charge in [-0.3, -0.25) is 4.79 Å². The number of amides is 1. The Morgan fingerprint density at radius 2 is 1.81 bits per heavy atom. The number of carboxylic acid groups (broad SMARTS) is 1. The zero-order chi connectivity index (χ0) is 16.4. The first-order valence-electron chi connectivity index (χ1n) is 5.76. The molecule has 0 aromatic heterocycles. The molecule has 7 nitrogen and oxygen atoms in total. The van der Waals surface area contributed by atoms with Crippen LogP contribution in [0.3, 0.4) is 0 Å². The maximum atomic E-state index is 12.3. The zero-order valence-corrected chi connectivity index (χ0v) is 14.1. The van der Waals surface area contributed by atoms with Gasteiger partial charge in [0, 0.05) is 25.6 Å². The summed E-state index contributed by atoms with van der Waals surface area (Å²) in [5.41, 5.74) is -0.164. The van der Waals surface area contributed by atoms with Gasteiger partial charge in [-0.1, -0.05) is 0 Å². The molecule has 21 heavy (non-hydrogen) atoms. The van der Waals surface area contributed by atoms with E-state index in [2.05, 4.69) is 15.9 Å². The number of benzene rings is 1. The molecule has 0 aliphatic carbocycles. The van der Waals surface area contributed by atoms with Gasteiger partial charge in [0.15, 0.2) is 0 Å². The van der Waals surface area contributed by atoms with E-state index in [-0.39, 0.29) is 27.4 Å². The standard InChI is InChI=1S/C12H15BrN2O5S/c1-14(2)11(16)7-15(3)21(19,20)8-4-5-10(13)9(6-8)12(17)18/h4-6H,7H2,1-3H3,(H,17,18). The lowest BCUT2D eigenvalue weighted by Crippen LogP contribution is -2.37. The molecule has 1 amide bonds. The van der Waals surface area contributed by atoms with Crippen LogP contribution in [0.2, 0.25) is 0 Å². The van der Waals surface area contributed by atoms with Crippen LogP contribution in [0.25, 0.3) is 0 Å². The normalized spacial score (nSPS) is 11.5.